The lowest BCUT2D eigenvalue weighted by molar-refractivity contribution is 0.593. The molecule has 0 aliphatic carbocycles. The van der Waals surface area contributed by atoms with Gasteiger partial charge < -0.3 is 5.32 Å². The third kappa shape index (κ3) is 4.64. The molecule has 0 atom stereocenters. The van der Waals surface area contributed by atoms with Crippen LogP contribution in [0.4, 0.5) is 0 Å². The first-order chi connectivity index (χ1) is 7.90. The molecule has 0 spiro atoms. The predicted octanol–water partition coefficient (Wildman–Crippen LogP) is 4.40. The average Bonchev–Trinajstić information content (AvgIpc) is 2.51. The molecule has 1 aromatic rings. The Morgan fingerprint density at radius 2 is 1.94 bits per heavy atom. The SMILES string of the molecule is Cc1cc(C=C(CNC(C)C)C(C)C)c(C)s1. The van der Waals surface area contributed by atoms with Gasteiger partial charge in [0.25, 0.3) is 0 Å². The van der Waals surface area contributed by atoms with Gasteiger partial charge in [0.1, 0.15) is 0 Å². The molecular weight excluding hydrogens is 226 g/mol. The second-order valence-electron chi connectivity index (χ2n) is 5.28. The fourth-order valence-electron chi connectivity index (χ4n) is 1.74. The summed E-state index contributed by atoms with van der Waals surface area (Å²) < 4.78 is 0. The van der Waals surface area contributed by atoms with Gasteiger partial charge in [-0.25, -0.2) is 0 Å². The summed E-state index contributed by atoms with van der Waals surface area (Å²) in [5, 5.41) is 3.51. The second kappa shape index (κ2) is 6.36. The zero-order valence-electron chi connectivity index (χ0n) is 11.9. The molecule has 0 aliphatic heterocycles. The molecule has 0 saturated carbocycles. The zero-order chi connectivity index (χ0) is 13.0. The number of hydrogen-bond donors (Lipinski definition) is 1. The summed E-state index contributed by atoms with van der Waals surface area (Å²) in [6.45, 7) is 14.3. The highest BCUT2D eigenvalue weighted by molar-refractivity contribution is 7.12. The number of aryl methyl sites for hydroxylation is 2. The minimum atomic E-state index is 0.544. The molecule has 0 bridgehead atoms. The van der Waals surface area contributed by atoms with Crippen molar-refractivity contribution in [3.05, 3.63) is 27.0 Å². The highest BCUT2D eigenvalue weighted by Crippen LogP contribution is 2.24. The van der Waals surface area contributed by atoms with Gasteiger partial charge in [0, 0.05) is 22.3 Å². The molecule has 1 heterocycles. The van der Waals surface area contributed by atoms with Crippen LogP contribution in [0, 0.1) is 19.8 Å². The van der Waals surface area contributed by atoms with E-state index in [0.717, 1.165) is 6.54 Å². The summed E-state index contributed by atoms with van der Waals surface area (Å²) in [6.07, 6.45) is 2.36. The Kier molecular flexibility index (Phi) is 5.41. The molecule has 17 heavy (non-hydrogen) atoms. The molecule has 96 valence electrons. The van der Waals surface area contributed by atoms with Gasteiger partial charge in [-0.05, 0) is 31.4 Å². The number of nitrogens with one attached hydrogen (secondary N) is 1. The van der Waals surface area contributed by atoms with E-state index in [2.05, 4.69) is 59.0 Å². The second-order valence-corrected chi connectivity index (χ2v) is 6.74. The van der Waals surface area contributed by atoms with Crippen molar-refractivity contribution in [3.63, 3.8) is 0 Å². The maximum atomic E-state index is 3.51. The van der Waals surface area contributed by atoms with E-state index in [0.29, 0.717) is 12.0 Å². The monoisotopic (exact) mass is 251 g/mol. The Balaban J connectivity index is 2.86. The van der Waals surface area contributed by atoms with Gasteiger partial charge in [-0.15, -0.1) is 11.3 Å². The first-order valence-corrected chi connectivity index (χ1v) is 7.22. The van der Waals surface area contributed by atoms with E-state index < -0.39 is 0 Å². The highest BCUT2D eigenvalue weighted by Gasteiger charge is 2.07. The molecule has 0 aliphatic rings. The lowest BCUT2D eigenvalue weighted by Crippen LogP contribution is -2.26. The van der Waals surface area contributed by atoms with Gasteiger partial charge in [-0.3, -0.25) is 0 Å². The molecule has 0 aromatic carbocycles. The minimum absolute atomic E-state index is 0.544. The van der Waals surface area contributed by atoms with Gasteiger partial charge in [-0.1, -0.05) is 39.3 Å². The molecule has 1 nitrogen and oxygen atoms in total. The Bertz CT molecular complexity index is 386. The molecule has 1 rings (SSSR count). The smallest absolute Gasteiger partial charge is 0.0172 e. The van der Waals surface area contributed by atoms with Crippen molar-refractivity contribution in [2.45, 2.75) is 47.6 Å². The Labute approximate surface area is 110 Å². The van der Waals surface area contributed by atoms with Crippen LogP contribution >= 0.6 is 11.3 Å². The minimum Gasteiger partial charge on any atom is -0.311 e. The van der Waals surface area contributed by atoms with E-state index in [1.165, 1.54) is 20.9 Å². The molecule has 0 amide bonds. The van der Waals surface area contributed by atoms with Crippen LogP contribution in [0.3, 0.4) is 0 Å². The third-order valence-electron chi connectivity index (χ3n) is 2.88. The zero-order valence-corrected chi connectivity index (χ0v) is 12.7. The van der Waals surface area contributed by atoms with E-state index in [-0.39, 0.29) is 0 Å². The normalized spacial score (nSPS) is 12.8. The standard InChI is InChI=1S/C15H25NS/c1-10(2)15(9-16-11(3)4)8-14-7-12(5)17-13(14)6/h7-8,10-11,16H,9H2,1-6H3. The summed E-state index contributed by atoms with van der Waals surface area (Å²) in [4.78, 5) is 2.82. The van der Waals surface area contributed by atoms with E-state index in [1.54, 1.807) is 0 Å². The van der Waals surface area contributed by atoms with E-state index in [9.17, 15) is 0 Å². The average molecular weight is 251 g/mol. The molecule has 0 saturated heterocycles. The van der Waals surface area contributed by atoms with E-state index in [1.807, 2.05) is 11.3 Å². The Hall–Kier alpha value is -0.600. The first kappa shape index (κ1) is 14.5. The van der Waals surface area contributed by atoms with Crippen LogP contribution in [-0.2, 0) is 0 Å². The Morgan fingerprint density at radius 1 is 1.29 bits per heavy atom. The third-order valence-corrected chi connectivity index (χ3v) is 3.86. The van der Waals surface area contributed by atoms with Crippen LogP contribution in [0.25, 0.3) is 6.08 Å². The van der Waals surface area contributed by atoms with Crippen LogP contribution in [0.2, 0.25) is 0 Å². The van der Waals surface area contributed by atoms with Crippen molar-refractivity contribution >= 4 is 17.4 Å². The molecular formula is C15H25NS. The fourth-order valence-corrected chi connectivity index (χ4v) is 2.64. The highest BCUT2D eigenvalue weighted by atomic mass is 32.1. The molecule has 2 heteroatoms. The molecule has 0 radical (unpaired) electrons. The van der Waals surface area contributed by atoms with Gasteiger partial charge >= 0.3 is 0 Å². The number of hydrogen-bond acceptors (Lipinski definition) is 2. The van der Waals surface area contributed by atoms with Crippen molar-refractivity contribution in [1.29, 1.82) is 0 Å². The Morgan fingerprint density at radius 3 is 2.35 bits per heavy atom. The van der Waals surface area contributed by atoms with Crippen LogP contribution in [0.5, 0.6) is 0 Å². The van der Waals surface area contributed by atoms with Crippen molar-refractivity contribution in [2.75, 3.05) is 6.54 Å². The van der Waals surface area contributed by atoms with Crippen molar-refractivity contribution in [3.8, 4) is 0 Å². The topological polar surface area (TPSA) is 12.0 Å². The maximum absolute atomic E-state index is 3.51. The quantitative estimate of drug-likeness (QED) is 0.817. The lowest BCUT2D eigenvalue weighted by Gasteiger charge is -2.15. The van der Waals surface area contributed by atoms with E-state index >= 15 is 0 Å². The van der Waals surface area contributed by atoms with Crippen LogP contribution in [0.1, 0.15) is 43.0 Å². The molecule has 0 fully saturated rings. The van der Waals surface area contributed by atoms with Crippen molar-refractivity contribution in [2.24, 2.45) is 5.92 Å². The molecule has 1 N–H and O–H groups in total. The molecule has 0 unspecified atom stereocenters. The fraction of sp³-hybridized carbons (Fsp3) is 0.600. The summed E-state index contributed by atoms with van der Waals surface area (Å²) in [5.74, 6) is 0.598. The number of rotatable bonds is 5. The number of thiophene rings is 1. The summed E-state index contributed by atoms with van der Waals surface area (Å²) in [5.41, 5.74) is 2.88. The summed E-state index contributed by atoms with van der Waals surface area (Å²) >= 11 is 1.88. The predicted molar refractivity (Wildman–Crippen MR) is 79.7 cm³/mol. The van der Waals surface area contributed by atoms with Crippen LogP contribution in [0.15, 0.2) is 11.6 Å². The maximum Gasteiger partial charge on any atom is 0.0172 e. The summed E-state index contributed by atoms with van der Waals surface area (Å²) in [6, 6.07) is 2.83. The largest absolute Gasteiger partial charge is 0.311 e. The molecule has 1 aromatic heterocycles. The lowest BCUT2D eigenvalue weighted by atomic mass is 10.00. The van der Waals surface area contributed by atoms with Gasteiger partial charge in [-0.2, -0.15) is 0 Å². The van der Waals surface area contributed by atoms with Crippen molar-refractivity contribution < 1.29 is 0 Å². The van der Waals surface area contributed by atoms with E-state index in [4.69, 9.17) is 0 Å². The van der Waals surface area contributed by atoms with Gasteiger partial charge in [0.2, 0.25) is 0 Å². The first-order valence-electron chi connectivity index (χ1n) is 6.41. The van der Waals surface area contributed by atoms with Crippen LogP contribution < -0.4 is 5.32 Å². The van der Waals surface area contributed by atoms with Gasteiger partial charge in [0.15, 0.2) is 0 Å². The summed E-state index contributed by atoms with van der Waals surface area (Å²) in [7, 11) is 0. The van der Waals surface area contributed by atoms with Gasteiger partial charge in [0.05, 0.1) is 0 Å². The van der Waals surface area contributed by atoms with Crippen LogP contribution in [-0.4, -0.2) is 12.6 Å². The van der Waals surface area contributed by atoms with Crippen molar-refractivity contribution in [1.82, 2.24) is 5.32 Å².